The fourth-order valence-corrected chi connectivity index (χ4v) is 4.12. The number of methoxy groups -OCH3 is 1. The number of benzene rings is 1. The van der Waals surface area contributed by atoms with Crippen molar-refractivity contribution in [1.29, 1.82) is 0 Å². The van der Waals surface area contributed by atoms with Gasteiger partial charge in [0, 0.05) is 26.1 Å². The number of ether oxygens (including phenoxy) is 1. The molecule has 1 aromatic carbocycles. The zero-order chi connectivity index (χ0) is 20.0. The van der Waals surface area contributed by atoms with E-state index < -0.39 is 15.8 Å². The normalized spacial score (nSPS) is 15.4. The first-order chi connectivity index (χ1) is 12.7. The highest BCUT2D eigenvalue weighted by atomic mass is 32.2. The summed E-state index contributed by atoms with van der Waals surface area (Å²) in [6.45, 7) is 1.12. The summed E-state index contributed by atoms with van der Waals surface area (Å²) in [6.07, 6.45) is 2.78. The minimum Gasteiger partial charge on any atom is -0.469 e. The summed E-state index contributed by atoms with van der Waals surface area (Å²) < 4.78 is 43.0. The van der Waals surface area contributed by atoms with Crippen molar-refractivity contribution in [2.45, 2.75) is 25.7 Å². The van der Waals surface area contributed by atoms with E-state index in [1.807, 2.05) is 0 Å². The van der Waals surface area contributed by atoms with Gasteiger partial charge in [0.1, 0.15) is 5.82 Å². The lowest BCUT2D eigenvalue weighted by molar-refractivity contribution is -0.148. The summed E-state index contributed by atoms with van der Waals surface area (Å²) in [5, 5.41) is 0. The minimum atomic E-state index is -3.54. The number of piperidine rings is 1. The van der Waals surface area contributed by atoms with E-state index in [1.54, 1.807) is 4.90 Å². The van der Waals surface area contributed by atoms with Gasteiger partial charge in [-0.15, -0.1) is 0 Å². The Balaban J connectivity index is 1.87. The van der Waals surface area contributed by atoms with Crippen molar-refractivity contribution in [2.24, 2.45) is 5.92 Å². The van der Waals surface area contributed by atoms with Crippen LogP contribution in [0.15, 0.2) is 24.3 Å². The molecule has 0 unspecified atom stereocenters. The highest BCUT2D eigenvalue weighted by Gasteiger charge is 2.27. The van der Waals surface area contributed by atoms with Crippen LogP contribution >= 0.6 is 0 Å². The quantitative estimate of drug-likeness (QED) is 0.652. The molecule has 1 fully saturated rings. The second kappa shape index (κ2) is 9.16. The summed E-state index contributed by atoms with van der Waals surface area (Å²) in [5.41, 5.74) is 0.366. The van der Waals surface area contributed by atoms with Gasteiger partial charge < -0.3 is 9.64 Å². The van der Waals surface area contributed by atoms with Gasteiger partial charge in [0.05, 0.1) is 25.0 Å². The van der Waals surface area contributed by atoms with Gasteiger partial charge in [0.2, 0.25) is 15.9 Å². The molecule has 0 bridgehead atoms. The molecule has 0 atom stereocenters. The first kappa shape index (κ1) is 21.1. The van der Waals surface area contributed by atoms with Crippen LogP contribution in [-0.4, -0.2) is 58.2 Å². The van der Waals surface area contributed by atoms with Gasteiger partial charge in [-0.1, -0.05) is 0 Å². The van der Waals surface area contributed by atoms with Gasteiger partial charge in [-0.3, -0.25) is 13.9 Å². The molecule has 0 aliphatic carbocycles. The molecule has 7 nitrogen and oxygen atoms in total. The molecule has 1 heterocycles. The number of amides is 1. The van der Waals surface area contributed by atoms with Crippen molar-refractivity contribution in [1.82, 2.24) is 4.90 Å². The molecular formula is C18H25FN2O5S. The first-order valence-electron chi connectivity index (χ1n) is 8.81. The smallest absolute Gasteiger partial charge is 0.308 e. The number of esters is 1. The minimum absolute atomic E-state index is 0.0640. The van der Waals surface area contributed by atoms with Crippen LogP contribution in [0.25, 0.3) is 0 Å². The van der Waals surface area contributed by atoms with Crippen molar-refractivity contribution in [2.75, 3.05) is 37.3 Å². The summed E-state index contributed by atoms with van der Waals surface area (Å²) >= 11 is 0. The second-order valence-corrected chi connectivity index (χ2v) is 8.50. The predicted molar refractivity (Wildman–Crippen MR) is 99.1 cm³/mol. The lowest BCUT2D eigenvalue weighted by Crippen LogP contribution is -2.40. The summed E-state index contributed by atoms with van der Waals surface area (Å²) in [7, 11) is -2.18. The maximum absolute atomic E-state index is 13.1. The van der Waals surface area contributed by atoms with Crippen molar-refractivity contribution >= 4 is 27.6 Å². The Morgan fingerprint density at radius 1 is 1.22 bits per heavy atom. The maximum atomic E-state index is 13.1. The van der Waals surface area contributed by atoms with Crippen LogP contribution in [0.2, 0.25) is 0 Å². The summed E-state index contributed by atoms with van der Waals surface area (Å²) in [5.74, 6) is -0.924. The number of carbonyl (C=O) groups is 2. The third-order valence-electron chi connectivity index (χ3n) is 4.65. The van der Waals surface area contributed by atoms with Crippen LogP contribution in [0.4, 0.5) is 10.1 Å². The molecule has 1 amide bonds. The Labute approximate surface area is 159 Å². The number of halogens is 1. The predicted octanol–water partition coefficient (Wildman–Crippen LogP) is 1.78. The highest BCUT2D eigenvalue weighted by Crippen LogP contribution is 2.21. The third-order valence-corrected chi connectivity index (χ3v) is 5.84. The molecule has 27 heavy (non-hydrogen) atoms. The fourth-order valence-electron chi connectivity index (χ4n) is 3.16. The zero-order valence-corrected chi connectivity index (χ0v) is 16.4. The van der Waals surface area contributed by atoms with Gasteiger partial charge in [-0.25, -0.2) is 12.8 Å². The zero-order valence-electron chi connectivity index (χ0n) is 15.6. The molecule has 0 saturated carbocycles. The van der Waals surface area contributed by atoms with Crippen LogP contribution < -0.4 is 4.31 Å². The highest BCUT2D eigenvalue weighted by molar-refractivity contribution is 7.92. The average Bonchev–Trinajstić information content (AvgIpc) is 2.64. The van der Waals surface area contributed by atoms with Gasteiger partial charge in [0.25, 0.3) is 0 Å². The monoisotopic (exact) mass is 400 g/mol. The molecule has 2 rings (SSSR count). The van der Waals surface area contributed by atoms with Gasteiger partial charge in [0.15, 0.2) is 0 Å². The van der Waals surface area contributed by atoms with Crippen molar-refractivity contribution < 1.29 is 27.1 Å². The number of hydrogen-bond acceptors (Lipinski definition) is 5. The van der Waals surface area contributed by atoms with Crippen LogP contribution in [-0.2, 0) is 24.3 Å². The molecule has 9 heteroatoms. The molecule has 1 aliphatic heterocycles. The number of sulfonamides is 1. The van der Waals surface area contributed by atoms with E-state index in [4.69, 9.17) is 4.74 Å². The molecule has 1 aromatic rings. The number of nitrogens with zero attached hydrogens (tertiary/aromatic N) is 2. The van der Waals surface area contributed by atoms with Gasteiger partial charge in [-0.2, -0.15) is 0 Å². The fraction of sp³-hybridized carbons (Fsp3) is 0.556. The molecule has 150 valence electrons. The van der Waals surface area contributed by atoms with E-state index in [0.717, 1.165) is 6.26 Å². The van der Waals surface area contributed by atoms with Crippen molar-refractivity contribution in [3.05, 3.63) is 30.1 Å². The number of anilines is 1. The van der Waals surface area contributed by atoms with Gasteiger partial charge >= 0.3 is 5.97 Å². The van der Waals surface area contributed by atoms with E-state index in [0.29, 0.717) is 38.0 Å². The molecule has 1 saturated heterocycles. The molecule has 0 radical (unpaired) electrons. The lowest BCUT2D eigenvalue weighted by atomic mass is 9.97. The summed E-state index contributed by atoms with van der Waals surface area (Å²) in [6, 6.07) is 5.19. The van der Waals surface area contributed by atoms with Crippen LogP contribution in [0.5, 0.6) is 0 Å². The molecule has 1 aliphatic rings. The Bertz CT molecular complexity index is 758. The number of hydrogen-bond donors (Lipinski definition) is 0. The summed E-state index contributed by atoms with van der Waals surface area (Å²) in [4.78, 5) is 25.6. The molecule has 0 aromatic heterocycles. The average molecular weight is 400 g/mol. The second-order valence-electron chi connectivity index (χ2n) is 6.59. The van der Waals surface area contributed by atoms with Crippen molar-refractivity contribution in [3.8, 4) is 0 Å². The maximum Gasteiger partial charge on any atom is 0.308 e. The van der Waals surface area contributed by atoms with E-state index in [1.165, 1.54) is 35.7 Å². The number of carbonyl (C=O) groups excluding carboxylic acids is 2. The van der Waals surface area contributed by atoms with E-state index in [2.05, 4.69) is 0 Å². The van der Waals surface area contributed by atoms with Crippen LogP contribution in [0.1, 0.15) is 25.7 Å². The Morgan fingerprint density at radius 3 is 2.33 bits per heavy atom. The van der Waals surface area contributed by atoms with Crippen LogP contribution in [0.3, 0.4) is 0 Å². The van der Waals surface area contributed by atoms with Crippen molar-refractivity contribution in [3.63, 3.8) is 0 Å². The topological polar surface area (TPSA) is 84.0 Å². The lowest BCUT2D eigenvalue weighted by Gasteiger charge is -2.31. The largest absolute Gasteiger partial charge is 0.469 e. The molecular weight excluding hydrogens is 375 g/mol. The molecule has 0 spiro atoms. The van der Waals surface area contributed by atoms with Crippen LogP contribution in [0, 0.1) is 11.7 Å². The van der Waals surface area contributed by atoms with Gasteiger partial charge in [-0.05, 0) is 43.5 Å². The Morgan fingerprint density at radius 2 is 1.81 bits per heavy atom. The number of rotatable bonds is 7. The van der Waals surface area contributed by atoms with E-state index in [9.17, 15) is 22.4 Å². The SMILES string of the molecule is COC(=O)C1CCN(C(=O)CCCN(c2ccc(F)cc2)S(C)(=O)=O)CC1. The van der Waals surface area contributed by atoms with E-state index in [-0.39, 0.29) is 30.8 Å². The first-order valence-corrected chi connectivity index (χ1v) is 10.7. The third kappa shape index (κ3) is 5.92. The molecule has 0 N–H and O–H groups in total. The Kier molecular flexibility index (Phi) is 7.18. The van der Waals surface area contributed by atoms with E-state index >= 15 is 0 Å². The Hall–Kier alpha value is -2.16. The number of likely N-dealkylation sites (tertiary alicyclic amines) is 1. The standard InChI is InChI=1S/C18H25FN2O5S/c1-26-18(23)14-9-12-20(13-10-14)17(22)4-3-11-21(27(2,24)25)16-7-5-15(19)6-8-16/h5-8,14H,3-4,9-13H2,1-2H3.